The van der Waals surface area contributed by atoms with Crippen molar-refractivity contribution in [3.63, 3.8) is 0 Å². The summed E-state index contributed by atoms with van der Waals surface area (Å²) in [6, 6.07) is 11.3. The standard InChI is InChI=1S/C18H20N2O2S2/c1-12-6-8-13(9-7-12)18-17(20(21)22)14(19(2)3)11-16(24-18)15-5-4-10-23-15/h4-11,14,17-18H,1-3H3/t14-,17+,18-/m0/s1. The molecule has 126 valence electrons. The summed E-state index contributed by atoms with van der Waals surface area (Å²) in [6.07, 6.45) is 2.05. The topological polar surface area (TPSA) is 46.4 Å². The van der Waals surface area contributed by atoms with Gasteiger partial charge in [-0.15, -0.1) is 23.1 Å². The first kappa shape index (κ1) is 17.2. The zero-order chi connectivity index (χ0) is 17.3. The molecule has 1 aliphatic heterocycles. The Labute approximate surface area is 150 Å². The smallest absolute Gasteiger partial charge is 0.247 e. The number of thioether (sulfide) groups is 1. The van der Waals surface area contributed by atoms with Crippen LogP contribution in [0.25, 0.3) is 4.91 Å². The van der Waals surface area contributed by atoms with Crippen LogP contribution in [0, 0.1) is 17.0 Å². The second kappa shape index (κ2) is 7.09. The van der Waals surface area contributed by atoms with Gasteiger partial charge in [0.1, 0.15) is 5.25 Å². The van der Waals surface area contributed by atoms with Crippen LogP contribution >= 0.6 is 23.1 Å². The highest BCUT2D eigenvalue weighted by Crippen LogP contribution is 2.49. The lowest BCUT2D eigenvalue weighted by Gasteiger charge is -2.34. The van der Waals surface area contributed by atoms with Crippen LogP contribution in [0.4, 0.5) is 0 Å². The number of rotatable bonds is 4. The van der Waals surface area contributed by atoms with Crippen LogP contribution in [-0.4, -0.2) is 36.0 Å². The number of hydrogen-bond donors (Lipinski definition) is 0. The van der Waals surface area contributed by atoms with Gasteiger partial charge in [0.15, 0.2) is 0 Å². The summed E-state index contributed by atoms with van der Waals surface area (Å²) in [4.78, 5) is 16.0. The molecule has 2 heterocycles. The first-order valence-electron chi connectivity index (χ1n) is 7.76. The van der Waals surface area contributed by atoms with E-state index in [2.05, 4.69) is 12.1 Å². The van der Waals surface area contributed by atoms with Gasteiger partial charge in [0.25, 0.3) is 0 Å². The minimum atomic E-state index is -0.670. The Morgan fingerprint density at radius 2 is 1.88 bits per heavy atom. The summed E-state index contributed by atoms with van der Waals surface area (Å²) in [5.74, 6) is 0. The van der Waals surface area contributed by atoms with Gasteiger partial charge in [-0.25, -0.2) is 0 Å². The summed E-state index contributed by atoms with van der Waals surface area (Å²) in [5, 5.41) is 13.7. The number of benzene rings is 1. The molecule has 1 aliphatic rings. The SMILES string of the molecule is Cc1ccc([C@@H]2SC(c3cccs3)=C[C@H](N(C)C)[C@H]2[N+](=O)[O-])cc1. The second-order valence-electron chi connectivity index (χ2n) is 6.19. The Kier molecular flexibility index (Phi) is 5.08. The Balaban J connectivity index is 2.06. The van der Waals surface area contributed by atoms with Crippen molar-refractivity contribution < 1.29 is 4.92 Å². The van der Waals surface area contributed by atoms with E-state index in [-0.39, 0.29) is 16.2 Å². The van der Waals surface area contributed by atoms with Crippen molar-refractivity contribution in [2.75, 3.05) is 14.1 Å². The van der Waals surface area contributed by atoms with Gasteiger partial charge in [-0.1, -0.05) is 35.9 Å². The summed E-state index contributed by atoms with van der Waals surface area (Å²) >= 11 is 3.28. The van der Waals surface area contributed by atoms with Crippen LogP contribution in [0.15, 0.2) is 47.9 Å². The maximum absolute atomic E-state index is 11.9. The second-order valence-corrected chi connectivity index (χ2v) is 8.32. The fourth-order valence-corrected chi connectivity index (χ4v) is 5.25. The van der Waals surface area contributed by atoms with Crippen molar-refractivity contribution in [2.24, 2.45) is 0 Å². The van der Waals surface area contributed by atoms with Gasteiger partial charge in [-0.05, 0) is 44.1 Å². The molecule has 0 fully saturated rings. The van der Waals surface area contributed by atoms with Gasteiger partial charge in [-0.3, -0.25) is 15.0 Å². The number of aryl methyl sites for hydroxylation is 1. The molecule has 0 spiro atoms. The first-order chi connectivity index (χ1) is 11.5. The van der Waals surface area contributed by atoms with Crippen LogP contribution in [-0.2, 0) is 0 Å². The highest BCUT2D eigenvalue weighted by atomic mass is 32.2. The van der Waals surface area contributed by atoms with Crippen molar-refractivity contribution in [2.45, 2.75) is 24.3 Å². The normalized spacial score (nSPS) is 24.0. The molecule has 6 heteroatoms. The molecule has 2 aromatic rings. The number of nitrogens with zero attached hydrogens (tertiary/aromatic N) is 2. The van der Waals surface area contributed by atoms with Crippen LogP contribution in [0.3, 0.4) is 0 Å². The van der Waals surface area contributed by atoms with Crippen LogP contribution < -0.4 is 0 Å². The predicted octanol–water partition coefficient (Wildman–Crippen LogP) is 4.46. The lowest BCUT2D eigenvalue weighted by molar-refractivity contribution is -0.528. The van der Waals surface area contributed by atoms with E-state index in [1.165, 1.54) is 4.88 Å². The lowest BCUT2D eigenvalue weighted by atomic mass is 9.96. The zero-order valence-corrected chi connectivity index (χ0v) is 15.5. The summed E-state index contributed by atoms with van der Waals surface area (Å²) in [7, 11) is 3.82. The van der Waals surface area contributed by atoms with E-state index in [0.29, 0.717) is 0 Å². The van der Waals surface area contributed by atoms with Gasteiger partial charge in [-0.2, -0.15) is 0 Å². The molecule has 3 rings (SSSR count). The maximum atomic E-state index is 11.9. The molecular formula is C18H20N2O2S2. The molecule has 0 amide bonds. The third-order valence-corrected chi connectivity index (χ3v) is 6.69. The van der Waals surface area contributed by atoms with Crippen LogP contribution in [0.1, 0.15) is 21.3 Å². The quantitative estimate of drug-likeness (QED) is 0.596. The molecule has 3 atom stereocenters. The van der Waals surface area contributed by atoms with E-state index in [9.17, 15) is 10.1 Å². The van der Waals surface area contributed by atoms with Crippen LogP contribution in [0.5, 0.6) is 0 Å². The highest BCUT2D eigenvalue weighted by molar-refractivity contribution is 8.08. The molecule has 0 N–H and O–H groups in total. The summed E-state index contributed by atoms with van der Waals surface area (Å²) < 4.78 is 0. The van der Waals surface area contributed by atoms with Gasteiger partial charge in [0.2, 0.25) is 6.04 Å². The molecule has 0 unspecified atom stereocenters. The maximum Gasteiger partial charge on any atom is 0.247 e. The molecule has 0 bridgehead atoms. The minimum Gasteiger partial charge on any atom is -0.297 e. The first-order valence-corrected chi connectivity index (χ1v) is 9.52. The largest absolute Gasteiger partial charge is 0.297 e. The van der Waals surface area contributed by atoms with E-state index in [0.717, 1.165) is 16.0 Å². The zero-order valence-electron chi connectivity index (χ0n) is 13.9. The van der Waals surface area contributed by atoms with Crippen molar-refractivity contribution in [3.8, 4) is 0 Å². The lowest BCUT2D eigenvalue weighted by Crippen LogP contribution is -2.46. The van der Waals surface area contributed by atoms with Crippen molar-refractivity contribution >= 4 is 28.0 Å². The number of hydrogen-bond acceptors (Lipinski definition) is 5. The van der Waals surface area contributed by atoms with E-state index in [4.69, 9.17) is 0 Å². The highest BCUT2D eigenvalue weighted by Gasteiger charge is 2.44. The molecule has 4 nitrogen and oxygen atoms in total. The third kappa shape index (κ3) is 3.41. The van der Waals surface area contributed by atoms with Gasteiger partial charge in [0.05, 0.1) is 6.04 Å². The Morgan fingerprint density at radius 1 is 1.17 bits per heavy atom. The fraction of sp³-hybridized carbons (Fsp3) is 0.333. The fourth-order valence-electron chi connectivity index (χ4n) is 2.95. The molecule has 1 aromatic heterocycles. The van der Waals surface area contributed by atoms with Gasteiger partial charge < -0.3 is 0 Å². The predicted molar refractivity (Wildman–Crippen MR) is 102 cm³/mol. The average Bonchev–Trinajstić information content (AvgIpc) is 3.08. The molecule has 1 aromatic carbocycles. The number of likely N-dealkylation sites (N-methyl/N-ethyl adjacent to an activating group) is 1. The average molecular weight is 361 g/mol. The molecule has 24 heavy (non-hydrogen) atoms. The minimum absolute atomic E-state index is 0.121. The Hall–Kier alpha value is -1.63. The molecule has 0 saturated carbocycles. The molecule has 0 radical (unpaired) electrons. The molecule has 0 saturated heterocycles. The van der Waals surface area contributed by atoms with Gasteiger partial charge >= 0.3 is 0 Å². The third-order valence-electron chi connectivity index (χ3n) is 4.25. The number of nitro groups is 1. The molecule has 0 aliphatic carbocycles. The van der Waals surface area contributed by atoms with E-state index >= 15 is 0 Å². The van der Waals surface area contributed by atoms with E-state index < -0.39 is 6.04 Å². The summed E-state index contributed by atoms with van der Waals surface area (Å²) in [6.45, 7) is 2.03. The summed E-state index contributed by atoms with van der Waals surface area (Å²) in [5.41, 5.74) is 2.18. The molecular weight excluding hydrogens is 340 g/mol. The van der Waals surface area contributed by atoms with E-state index in [1.54, 1.807) is 23.1 Å². The monoisotopic (exact) mass is 360 g/mol. The van der Waals surface area contributed by atoms with Gasteiger partial charge in [0, 0.05) is 14.7 Å². The van der Waals surface area contributed by atoms with Crippen molar-refractivity contribution in [1.29, 1.82) is 0 Å². The van der Waals surface area contributed by atoms with Crippen molar-refractivity contribution in [1.82, 2.24) is 4.90 Å². The number of thiophene rings is 1. The van der Waals surface area contributed by atoms with Crippen LogP contribution in [0.2, 0.25) is 0 Å². The van der Waals surface area contributed by atoms with Crippen molar-refractivity contribution in [3.05, 3.63) is 74.0 Å². The van der Waals surface area contributed by atoms with E-state index in [1.807, 2.05) is 61.6 Å². The Bertz CT molecular complexity index is 739. The Morgan fingerprint density at radius 3 is 2.42 bits per heavy atom.